The highest BCUT2D eigenvalue weighted by Crippen LogP contribution is 2.37. The quantitative estimate of drug-likeness (QED) is 0.723. The van der Waals surface area contributed by atoms with Crippen LogP contribution >= 0.6 is 0 Å². The van der Waals surface area contributed by atoms with Gasteiger partial charge in [-0.05, 0) is 48.1 Å². The van der Waals surface area contributed by atoms with Crippen LogP contribution in [0.5, 0.6) is 0 Å². The summed E-state index contributed by atoms with van der Waals surface area (Å²) in [4.78, 5) is 15.1. The summed E-state index contributed by atoms with van der Waals surface area (Å²) in [6.45, 7) is 0. The molecule has 5 nitrogen and oxygen atoms in total. The molecule has 3 N–H and O–H groups in total. The third-order valence-corrected chi connectivity index (χ3v) is 6.98. The summed E-state index contributed by atoms with van der Waals surface area (Å²) in [5, 5.41) is 0.786. The van der Waals surface area contributed by atoms with E-state index < -0.39 is 15.7 Å². The van der Waals surface area contributed by atoms with E-state index in [2.05, 4.69) is 4.98 Å². The van der Waals surface area contributed by atoms with Crippen molar-refractivity contribution in [3.05, 3.63) is 59.5 Å². The first-order valence-electron chi connectivity index (χ1n) is 8.76. The van der Waals surface area contributed by atoms with Crippen molar-refractivity contribution in [2.75, 3.05) is 11.5 Å². The Labute approximate surface area is 156 Å². The number of carbonyl (C=O) groups excluding carboxylic acids is 1. The van der Waals surface area contributed by atoms with E-state index in [9.17, 15) is 17.6 Å². The molecule has 1 aliphatic heterocycles. The van der Waals surface area contributed by atoms with Crippen molar-refractivity contribution < 1.29 is 17.6 Å². The maximum Gasteiger partial charge on any atom is 0.250 e. The fraction of sp³-hybridized carbons (Fsp3) is 0.250. The molecule has 2 heterocycles. The molecule has 0 spiro atoms. The summed E-state index contributed by atoms with van der Waals surface area (Å²) in [5.74, 6) is -0.607. The highest BCUT2D eigenvalue weighted by molar-refractivity contribution is 7.91. The molecule has 27 heavy (non-hydrogen) atoms. The van der Waals surface area contributed by atoms with Crippen LogP contribution in [0.25, 0.3) is 22.0 Å². The van der Waals surface area contributed by atoms with Gasteiger partial charge in [-0.1, -0.05) is 18.2 Å². The Balaban J connectivity index is 1.88. The predicted octanol–water partition coefficient (Wildman–Crippen LogP) is 3.37. The molecule has 1 aliphatic rings. The minimum Gasteiger partial charge on any atom is -0.366 e. The number of aromatic nitrogens is 1. The Morgan fingerprint density at radius 3 is 2.52 bits per heavy atom. The molecular weight excluding hydrogens is 367 g/mol. The van der Waals surface area contributed by atoms with Gasteiger partial charge >= 0.3 is 0 Å². The molecule has 0 aliphatic carbocycles. The van der Waals surface area contributed by atoms with E-state index in [1.165, 1.54) is 6.07 Å². The number of amides is 1. The van der Waals surface area contributed by atoms with Gasteiger partial charge in [0.05, 0.1) is 22.6 Å². The van der Waals surface area contributed by atoms with Crippen molar-refractivity contribution in [3.63, 3.8) is 0 Å². The number of aromatic amines is 1. The molecule has 1 aromatic heterocycles. The highest BCUT2D eigenvalue weighted by atomic mass is 32.2. The number of halogens is 1. The molecule has 0 atom stereocenters. The molecule has 4 rings (SSSR count). The van der Waals surface area contributed by atoms with Gasteiger partial charge in [0.25, 0.3) is 5.91 Å². The number of benzene rings is 2. The number of nitrogens with two attached hydrogens (primary N) is 1. The normalized spacial score (nSPS) is 17.2. The number of hydrogen-bond acceptors (Lipinski definition) is 3. The van der Waals surface area contributed by atoms with Crippen LogP contribution in [0, 0.1) is 5.82 Å². The van der Waals surface area contributed by atoms with Gasteiger partial charge in [-0.25, -0.2) is 12.8 Å². The molecule has 140 valence electrons. The summed E-state index contributed by atoms with van der Waals surface area (Å²) in [7, 11) is -2.97. The zero-order chi connectivity index (χ0) is 19.2. The first-order valence-corrected chi connectivity index (χ1v) is 10.6. The smallest absolute Gasteiger partial charge is 0.250 e. The predicted molar refractivity (Wildman–Crippen MR) is 103 cm³/mol. The first-order chi connectivity index (χ1) is 12.9. The first kappa shape index (κ1) is 17.7. The van der Waals surface area contributed by atoms with E-state index in [0.717, 1.165) is 10.9 Å². The van der Waals surface area contributed by atoms with E-state index in [-0.39, 0.29) is 23.2 Å². The number of nitrogens with one attached hydrogen (secondary N) is 1. The average Bonchev–Trinajstić information content (AvgIpc) is 3.05. The fourth-order valence-electron chi connectivity index (χ4n) is 3.84. The Morgan fingerprint density at radius 1 is 1.15 bits per heavy atom. The molecule has 0 saturated carbocycles. The third kappa shape index (κ3) is 3.23. The number of primary amides is 1. The van der Waals surface area contributed by atoms with Gasteiger partial charge in [-0.2, -0.15) is 0 Å². The summed E-state index contributed by atoms with van der Waals surface area (Å²) >= 11 is 0. The molecule has 7 heteroatoms. The molecular formula is C20H19FN2O3S. The van der Waals surface area contributed by atoms with Crippen LogP contribution in [-0.4, -0.2) is 30.8 Å². The van der Waals surface area contributed by atoms with Crippen molar-refractivity contribution in [2.24, 2.45) is 5.73 Å². The van der Waals surface area contributed by atoms with E-state index in [1.54, 1.807) is 24.3 Å². The second-order valence-electron chi connectivity index (χ2n) is 6.96. The lowest BCUT2D eigenvalue weighted by molar-refractivity contribution is 0.100. The van der Waals surface area contributed by atoms with Crippen molar-refractivity contribution >= 4 is 26.6 Å². The molecule has 1 fully saturated rings. The van der Waals surface area contributed by atoms with E-state index in [4.69, 9.17) is 5.73 Å². The van der Waals surface area contributed by atoms with E-state index in [0.29, 0.717) is 35.0 Å². The van der Waals surface area contributed by atoms with Crippen LogP contribution in [0.1, 0.15) is 34.7 Å². The number of fused-ring (bicyclic) bond motifs is 1. The molecule has 2 aromatic carbocycles. The topological polar surface area (TPSA) is 93.0 Å². The van der Waals surface area contributed by atoms with Gasteiger partial charge in [0.2, 0.25) is 0 Å². The van der Waals surface area contributed by atoms with Gasteiger partial charge in [0.15, 0.2) is 0 Å². The molecule has 0 radical (unpaired) electrons. The van der Waals surface area contributed by atoms with Crippen LogP contribution < -0.4 is 5.73 Å². The van der Waals surface area contributed by atoms with Crippen LogP contribution in [0.3, 0.4) is 0 Å². The van der Waals surface area contributed by atoms with Gasteiger partial charge in [-0.15, -0.1) is 0 Å². The Bertz CT molecular complexity index is 1140. The Kier molecular flexibility index (Phi) is 4.26. The van der Waals surface area contributed by atoms with E-state index in [1.807, 2.05) is 12.3 Å². The minimum absolute atomic E-state index is 0.0684. The minimum atomic E-state index is -2.97. The SMILES string of the molecule is NC(=O)c1cc(-c2ccccc2F)cc2c(C3CCS(=O)(=O)CC3)c[nH]c12. The average molecular weight is 386 g/mol. The second kappa shape index (κ2) is 6.49. The van der Waals surface area contributed by atoms with E-state index >= 15 is 0 Å². The van der Waals surface area contributed by atoms with Crippen LogP contribution in [0.4, 0.5) is 4.39 Å². The number of rotatable bonds is 3. The monoisotopic (exact) mass is 386 g/mol. The summed E-state index contributed by atoms with van der Waals surface area (Å²) in [6, 6.07) is 9.80. The fourth-order valence-corrected chi connectivity index (χ4v) is 5.33. The summed E-state index contributed by atoms with van der Waals surface area (Å²) < 4.78 is 37.8. The second-order valence-corrected chi connectivity index (χ2v) is 9.26. The number of sulfone groups is 1. The summed E-state index contributed by atoms with van der Waals surface area (Å²) in [6.07, 6.45) is 2.88. The number of carbonyl (C=O) groups is 1. The van der Waals surface area contributed by atoms with Gasteiger partial charge in [0, 0.05) is 17.1 Å². The Hall–Kier alpha value is -2.67. The molecule has 1 saturated heterocycles. The van der Waals surface area contributed by atoms with Crippen molar-refractivity contribution in [2.45, 2.75) is 18.8 Å². The van der Waals surface area contributed by atoms with Crippen LogP contribution in [0.15, 0.2) is 42.6 Å². The lowest BCUT2D eigenvalue weighted by Crippen LogP contribution is -2.22. The lowest BCUT2D eigenvalue weighted by atomic mass is 9.91. The van der Waals surface area contributed by atoms with Gasteiger partial charge in [0.1, 0.15) is 15.7 Å². The standard InChI is InChI=1S/C20H19FN2O3S/c21-18-4-2-1-3-14(18)13-9-15-17(12-5-7-27(25,26)8-6-12)11-23-19(15)16(10-13)20(22)24/h1-4,9-12,23H,5-8H2,(H2,22,24). The maximum atomic E-state index is 14.3. The lowest BCUT2D eigenvalue weighted by Gasteiger charge is -2.21. The van der Waals surface area contributed by atoms with Gasteiger partial charge < -0.3 is 10.7 Å². The van der Waals surface area contributed by atoms with Crippen molar-refractivity contribution in [3.8, 4) is 11.1 Å². The van der Waals surface area contributed by atoms with Crippen LogP contribution in [0.2, 0.25) is 0 Å². The maximum absolute atomic E-state index is 14.3. The van der Waals surface area contributed by atoms with Crippen molar-refractivity contribution in [1.29, 1.82) is 0 Å². The molecule has 1 amide bonds. The molecule has 3 aromatic rings. The number of hydrogen-bond donors (Lipinski definition) is 2. The zero-order valence-electron chi connectivity index (χ0n) is 14.5. The Morgan fingerprint density at radius 2 is 1.85 bits per heavy atom. The number of H-pyrrole nitrogens is 1. The molecule has 0 unspecified atom stereocenters. The van der Waals surface area contributed by atoms with Gasteiger partial charge in [-0.3, -0.25) is 4.79 Å². The summed E-state index contributed by atoms with van der Waals surface area (Å²) in [5.41, 5.74) is 8.35. The highest BCUT2D eigenvalue weighted by Gasteiger charge is 2.27. The third-order valence-electron chi connectivity index (χ3n) is 5.27. The van der Waals surface area contributed by atoms with Crippen molar-refractivity contribution in [1.82, 2.24) is 4.98 Å². The largest absolute Gasteiger partial charge is 0.366 e. The zero-order valence-corrected chi connectivity index (χ0v) is 15.4. The molecule has 0 bridgehead atoms. The van der Waals surface area contributed by atoms with Crippen LogP contribution in [-0.2, 0) is 9.84 Å².